The predicted molar refractivity (Wildman–Crippen MR) is 53.8 cm³/mol. The quantitative estimate of drug-likeness (QED) is 0.860. The molecule has 0 aliphatic carbocycles. The zero-order valence-electron chi connectivity index (χ0n) is 9.15. The van der Waals surface area contributed by atoms with Crippen LogP contribution in [0.25, 0.3) is 0 Å². The SMILES string of the molecule is C[C@@H](NC(=O)c1ccc(C(F)(F)F)cn1)C(=O)O. The van der Waals surface area contributed by atoms with Gasteiger partial charge in [-0.2, -0.15) is 13.2 Å². The van der Waals surface area contributed by atoms with E-state index in [2.05, 4.69) is 10.3 Å². The highest BCUT2D eigenvalue weighted by Gasteiger charge is 2.31. The molecule has 1 heterocycles. The molecule has 98 valence electrons. The third-order valence-corrected chi connectivity index (χ3v) is 2.04. The number of hydrogen-bond acceptors (Lipinski definition) is 3. The number of carboxylic acid groups (broad SMARTS) is 1. The Kier molecular flexibility index (Phi) is 3.89. The largest absolute Gasteiger partial charge is 0.480 e. The van der Waals surface area contributed by atoms with Crippen molar-refractivity contribution in [2.75, 3.05) is 0 Å². The van der Waals surface area contributed by atoms with E-state index in [4.69, 9.17) is 5.11 Å². The number of nitrogens with zero attached hydrogens (tertiary/aromatic N) is 1. The van der Waals surface area contributed by atoms with Gasteiger partial charge in [-0.3, -0.25) is 14.6 Å². The number of hydrogen-bond donors (Lipinski definition) is 2. The average Bonchev–Trinajstić information content (AvgIpc) is 2.27. The van der Waals surface area contributed by atoms with Crippen LogP contribution in [0.1, 0.15) is 23.0 Å². The fourth-order valence-corrected chi connectivity index (χ4v) is 1.03. The minimum absolute atomic E-state index is 0.281. The normalized spacial score (nSPS) is 12.9. The van der Waals surface area contributed by atoms with Crippen molar-refractivity contribution in [3.05, 3.63) is 29.6 Å². The lowest BCUT2D eigenvalue weighted by molar-refractivity contribution is -0.139. The number of halogens is 3. The molecule has 8 heteroatoms. The molecule has 0 fully saturated rings. The Labute approximate surface area is 99.6 Å². The summed E-state index contributed by atoms with van der Waals surface area (Å²) in [5.74, 6) is -2.10. The van der Waals surface area contributed by atoms with Gasteiger partial charge in [0.05, 0.1) is 5.56 Å². The van der Waals surface area contributed by atoms with Crippen LogP contribution in [0.2, 0.25) is 0 Å². The molecule has 1 amide bonds. The van der Waals surface area contributed by atoms with Crippen molar-refractivity contribution in [3.63, 3.8) is 0 Å². The second kappa shape index (κ2) is 5.03. The molecular formula is C10H9F3N2O3. The fourth-order valence-electron chi connectivity index (χ4n) is 1.03. The van der Waals surface area contributed by atoms with E-state index in [9.17, 15) is 22.8 Å². The van der Waals surface area contributed by atoms with Crippen LogP contribution < -0.4 is 5.32 Å². The van der Waals surface area contributed by atoms with Crippen molar-refractivity contribution in [2.45, 2.75) is 19.1 Å². The van der Waals surface area contributed by atoms with Gasteiger partial charge in [-0.25, -0.2) is 0 Å². The molecule has 1 atom stereocenters. The Morgan fingerprint density at radius 2 is 2.00 bits per heavy atom. The third kappa shape index (κ3) is 3.44. The first-order valence-corrected chi connectivity index (χ1v) is 4.78. The van der Waals surface area contributed by atoms with Crippen molar-refractivity contribution in [2.24, 2.45) is 0 Å². The van der Waals surface area contributed by atoms with Gasteiger partial charge in [-0.15, -0.1) is 0 Å². The summed E-state index contributed by atoms with van der Waals surface area (Å²) in [6.45, 7) is 1.23. The topological polar surface area (TPSA) is 79.3 Å². The van der Waals surface area contributed by atoms with Crippen molar-refractivity contribution in [1.82, 2.24) is 10.3 Å². The monoisotopic (exact) mass is 262 g/mol. The first-order valence-electron chi connectivity index (χ1n) is 4.78. The van der Waals surface area contributed by atoms with Gasteiger partial charge in [0.2, 0.25) is 0 Å². The van der Waals surface area contributed by atoms with Crippen LogP contribution in [-0.4, -0.2) is 28.0 Å². The highest BCUT2D eigenvalue weighted by molar-refractivity contribution is 5.94. The lowest BCUT2D eigenvalue weighted by atomic mass is 10.2. The first-order chi connectivity index (χ1) is 8.21. The van der Waals surface area contributed by atoms with Gasteiger partial charge < -0.3 is 10.4 Å². The van der Waals surface area contributed by atoms with E-state index < -0.39 is 29.7 Å². The van der Waals surface area contributed by atoms with E-state index in [0.29, 0.717) is 12.3 Å². The Bertz CT molecular complexity index is 456. The van der Waals surface area contributed by atoms with Crippen LogP contribution in [0.4, 0.5) is 13.2 Å². The average molecular weight is 262 g/mol. The van der Waals surface area contributed by atoms with Gasteiger partial charge in [0.1, 0.15) is 11.7 Å². The zero-order valence-corrected chi connectivity index (χ0v) is 9.15. The Morgan fingerprint density at radius 3 is 2.39 bits per heavy atom. The Morgan fingerprint density at radius 1 is 1.39 bits per heavy atom. The molecule has 0 bridgehead atoms. The summed E-state index contributed by atoms with van der Waals surface area (Å²) in [7, 11) is 0. The molecule has 5 nitrogen and oxygen atoms in total. The second-order valence-corrected chi connectivity index (χ2v) is 3.46. The zero-order chi connectivity index (χ0) is 13.9. The number of rotatable bonds is 3. The summed E-state index contributed by atoms with van der Waals surface area (Å²) in [5.41, 5.74) is -1.26. The molecule has 0 saturated carbocycles. The number of amides is 1. The summed E-state index contributed by atoms with van der Waals surface area (Å²) < 4.78 is 36.7. The Balaban J connectivity index is 2.80. The minimum atomic E-state index is -4.53. The van der Waals surface area contributed by atoms with Crippen molar-refractivity contribution in [1.29, 1.82) is 0 Å². The summed E-state index contributed by atoms with van der Waals surface area (Å²) in [5, 5.41) is 10.6. The van der Waals surface area contributed by atoms with Crippen LogP contribution in [0.15, 0.2) is 18.3 Å². The van der Waals surface area contributed by atoms with Gasteiger partial charge in [-0.05, 0) is 19.1 Å². The van der Waals surface area contributed by atoms with Crippen molar-refractivity contribution >= 4 is 11.9 Å². The molecule has 1 aromatic heterocycles. The van der Waals surface area contributed by atoms with E-state index >= 15 is 0 Å². The maximum absolute atomic E-state index is 12.2. The van der Waals surface area contributed by atoms with Crippen LogP contribution >= 0.6 is 0 Å². The van der Waals surface area contributed by atoms with E-state index in [1.807, 2.05) is 0 Å². The molecule has 0 unspecified atom stereocenters. The standard InChI is InChI=1S/C10H9F3N2O3/c1-5(9(17)18)15-8(16)7-3-2-6(4-14-7)10(11,12)13/h2-5H,1H3,(H,15,16)(H,17,18)/t5-/m1/s1. The van der Waals surface area contributed by atoms with Crippen molar-refractivity contribution < 1.29 is 27.9 Å². The molecule has 0 aliphatic heterocycles. The van der Waals surface area contributed by atoms with E-state index in [1.165, 1.54) is 6.92 Å². The van der Waals surface area contributed by atoms with Crippen LogP contribution in [-0.2, 0) is 11.0 Å². The second-order valence-electron chi connectivity index (χ2n) is 3.46. The van der Waals surface area contributed by atoms with E-state index in [0.717, 1.165) is 6.07 Å². The van der Waals surface area contributed by atoms with Crippen LogP contribution in [0.5, 0.6) is 0 Å². The number of aromatic nitrogens is 1. The molecule has 0 radical (unpaired) electrons. The fraction of sp³-hybridized carbons (Fsp3) is 0.300. The third-order valence-electron chi connectivity index (χ3n) is 2.04. The molecule has 0 spiro atoms. The molecule has 18 heavy (non-hydrogen) atoms. The van der Waals surface area contributed by atoms with Gasteiger partial charge in [0.25, 0.3) is 5.91 Å². The molecule has 1 aromatic rings. The molecule has 0 saturated heterocycles. The molecule has 0 aliphatic rings. The predicted octanol–water partition coefficient (Wildman–Crippen LogP) is 1.30. The van der Waals surface area contributed by atoms with E-state index in [-0.39, 0.29) is 5.69 Å². The molecule has 1 rings (SSSR count). The van der Waals surface area contributed by atoms with Gasteiger partial charge >= 0.3 is 12.1 Å². The summed E-state index contributed by atoms with van der Waals surface area (Å²) in [6.07, 6.45) is -4.02. The lowest BCUT2D eigenvalue weighted by Crippen LogP contribution is -2.38. The lowest BCUT2D eigenvalue weighted by Gasteiger charge is -2.09. The number of nitrogens with one attached hydrogen (secondary N) is 1. The first kappa shape index (κ1) is 13.9. The number of carbonyl (C=O) groups is 2. The number of carbonyl (C=O) groups excluding carboxylic acids is 1. The number of pyridine rings is 1. The summed E-state index contributed by atoms with van der Waals surface area (Å²) in [4.78, 5) is 25.2. The molecule has 0 aromatic carbocycles. The minimum Gasteiger partial charge on any atom is -0.480 e. The number of carboxylic acids is 1. The maximum atomic E-state index is 12.2. The number of alkyl halides is 3. The van der Waals surface area contributed by atoms with Crippen molar-refractivity contribution in [3.8, 4) is 0 Å². The van der Waals surface area contributed by atoms with Crippen LogP contribution in [0.3, 0.4) is 0 Å². The number of aliphatic carboxylic acids is 1. The summed E-state index contributed by atoms with van der Waals surface area (Å²) >= 11 is 0. The van der Waals surface area contributed by atoms with Gasteiger partial charge in [0, 0.05) is 6.20 Å². The molecular weight excluding hydrogens is 253 g/mol. The highest BCUT2D eigenvalue weighted by atomic mass is 19.4. The van der Waals surface area contributed by atoms with Gasteiger partial charge in [-0.1, -0.05) is 0 Å². The highest BCUT2D eigenvalue weighted by Crippen LogP contribution is 2.28. The maximum Gasteiger partial charge on any atom is 0.417 e. The smallest absolute Gasteiger partial charge is 0.417 e. The van der Waals surface area contributed by atoms with Crippen LogP contribution in [0, 0.1) is 0 Å². The molecule has 2 N–H and O–H groups in total. The Hall–Kier alpha value is -2.12. The van der Waals surface area contributed by atoms with E-state index in [1.54, 1.807) is 0 Å². The summed E-state index contributed by atoms with van der Waals surface area (Å²) in [6, 6.07) is 0.432. The van der Waals surface area contributed by atoms with Gasteiger partial charge in [0.15, 0.2) is 0 Å².